The highest BCUT2D eigenvalue weighted by Gasteiger charge is 2.24. The van der Waals surface area contributed by atoms with Crippen LogP contribution in [0.3, 0.4) is 0 Å². The summed E-state index contributed by atoms with van der Waals surface area (Å²) < 4.78 is 4.68. The zero-order chi connectivity index (χ0) is 16.2. The van der Waals surface area contributed by atoms with Crippen LogP contribution in [0.1, 0.15) is 19.3 Å². The Kier molecular flexibility index (Phi) is 4.62. The summed E-state index contributed by atoms with van der Waals surface area (Å²) in [6.45, 7) is 2.98. The van der Waals surface area contributed by atoms with E-state index in [0.29, 0.717) is 22.8 Å². The van der Waals surface area contributed by atoms with Crippen LogP contribution in [0.4, 0.5) is 5.69 Å². The maximum absolute atomic E-state index is 12.5. The van der Waals surface area contributed by atoms with Gasteiger partial charge in [0.15, 0.2) is 0 Å². The molecule has 1 aliphatic rings. The normalized spacial score (nSPS) is 14.7. The van der Waals surface area contributed by atoms with E-state index < -0.39 is 5.97 Å². The number of piperazine rings is 1. The van der Waals surface area contributed by atoms with Gasteiger partial charge in [-0.15, -0.1) is 11.3 Å². The molecular formula is C17H18N2O3S. The fourth-order valence-electron chi connectivity index (χ4n) is 2.63. The summed E-state index contributed by atoms with van der Waals surface area (Å²) in [6.07, 6.45) is 0. The molecule has 0 unspecified atom stereocenters. The van der Waals surface area contributed by atoms with Crippen molar-refractivity contribution in [3.63, 3.8) is 0 Å². The number of anilines is 1. The highest BCUT2D eigenvalue weighted by atomic mass is 32.1. The van der Waals surface area contributed by atoms with Crippen molar-refractivity contribution < 1.29 is 14.3 Å². The van der Waals surface area contributed by atoms with Gasteiger partial charge in [0.25, 0.3) is 5.91 Å². The van der Waals surface area contributed by atoms with Crippen LogP contribution >= 0.6 is 11.3 Å². The predicted octanol–water partition coefficient (Wildman–Crippen LogP) is 2.50. The average Bonchev–Trinajstić information content (AvgIpc) is 3.11. The topological polar surface area (TPSA) is 49.9 Å². The smallest absolute Gasteiger partial charge is 0.348 e. The number of carbonyl (C=O) groups is 2. The van der Waals surface area contributed by atoms with E-state index >= 15 is 0 Å². The summed E-state index contributed by atoms with van der Waals surface area (Å²) in [5, 5.41) is 0. The lowest BCUT2D eigenvalue weighted by Gasteiger charge is -2.35. The molecular weight excluding hydrogens is 312 g/mol. The largest absolute Gasteiger partial charge is 0.465 e. The van der Waals surface area contributed by atoms with Crippen LogP contribution in [0.2, 0.25) is 0 Å². The Morgan fingerprint density at radius 3 is 2.26 bits per heavy atom. The van der Waals surface area contributed by atoms with E-state index in [0.717, 1.165) is 13.1 Å². The van der Waals surface area contributed by atoms with Gasteiger partial charge >= 0.3 is 5.97 Å². The number of thiophene rings is 1. The molecule has 1 fully saturated rings. The van der Waals surface area contributed by atoms with E-state index in [1.807, 2.05) is 23.1 Å². The number of nitrogens with zero attached hydrogens (tertiary/aromatic N) is 2. The lowest BCUT2D eigenvalue weighted by molar-refractivity contribution is 0.0606. The maximum Gasteiger partial charge on any atom is 0.348 e. The number of carbonyl (C=O) groups excluding carboxylic acids is 2. The Balaban J connectivity index is 1.62. The van der Waals surface area contributed by atoms with E-state index in [9.17, 15) is 9.59 Å². The number of amides is 1. The van der Waals surface area contributed by atoms with E-state index in [1.54, 1.807) is 12.1 Å². The molecule has 2 heterocycles. The van der Waals surface area contributed by atoms with Crippen molar-refractivity contribution in [3.05, 3.63) is 52.2 Å². The molecule has 0 atom stereocenters. The molecule has 1 amide bonds. The Morgan fingerprint density at radius 1 is 0.957 bits per heavy atom. The molecule has 3 rings (SSSR count). The molecule has 0 bridgehead atoms. The summed E-state index contributed by atoms with van der Waals surface area (Å²) in [5.41, 5.74) is 1.18. The van der Waals surface area contributed by atoms with Crippen LogP contribution in [-0.4, -0.2) is 50.1 Å². The predicted molar refractivity (Wildman–Crippen MR) is 90.2 cm³/mol. The molecule has 0 N–H and O–H groups in total. The first-order valence-corrected chi connectivity index (χ1v) is 8.28. The second-order valence-electron chi connectivity index (χ2n) is 5.27. The molecule has 0 radical (unpaired) electrons. The van der Waals surface area contributed by atoms with Gasteiger partial charge in [-0.05, 0) is 24.3 Å². The highest BCUT2D eigenvalue weighted by Crippen LogP contribution is 2.21. The van der Waals surface area contributed by atoms with Crippen molar-refractivity contribution in [1.29, 1.82) is 0 Å². The fourth-order valence-corrected chi connectivity index (χ4v) is 3.52. The van der Waals surface area contributed by atoms with Crippen LogP contribution in [0, 0.1) is 0 Å². The van der Waals surface area contributed by atoms with Gasteiger partial charge in [0.05, 0.1) is 12.0 Å². The second-order valence-corrected chi connectivity index (χ2v) is 6.35. The lowest BCUT2D eigenvalue weighted by Crippen LogP contribution is -2.48. The molecule has 2 aromatic rings. The molecule has 0 spiro atoms. The minimum Gasteiger partial charge on any atom is -0.465 e. The van der Waals surface area contributed by atoms with Crippen molar-refractivity contribution >= 4 is 28.9 Å². The summed E-state index contributed by atoms with van der Waals surface area (Å²) in [7, 11) is 1.34. The van der Waals surface area contributed by atoms with Gasteiger partial charge in [-0.2, -0.15) is 0 Å². The zero-order valence-electron chi connectivity index (χ0n) is 12.9. The first kappa shape index (κ1) is 15.6. The molecule has 1 saturated heterocycles. The Hall–Kier alpha value is -2.34. The third kappa shape index (κ3) is 3.37. The quantitative estimate of drug-likeness (QED) is 0.812. The molecule has 120 valence electrons. The van der Waals surface area contributed by atoms with Crippen LogP contribution in [0.25, 0.3) is 0 Å². The number of benzene rings is 1. The van der Waals surface area contributed by atoms with Crippen LogP contribution < -0.4 is 4.90 Å². The Bertz CT molecular complexity index is 691. The Labute approximate surface area is 139 Å². The molecule has 1 aliphatic heterocycles. The lowest BCUT2D eigenvalue weighted by atomic mass is 10.2. The number of methoxy groups -OCH3 is 1. The number of hydrogen-bond acceptors (Lipinski definition) is 5. The third-order valence-corrected chi connectivity index (χ3v) is 4.94. The molecule has 23 heavy (non-hydrogen) atoms. The first-order chi connectivity index (χ1) is 11.2. The number of esters is 1. The molecule has 1 aromatic heterocycles. The summed E-state index contributed by atoms with van der Waals surface area (Å²) in [5.74, 6) is -0.416. The number of ether oxygens (including phenoxy) is 1. The molecule has 6 heteroatoms. The molecule has 0 saturated carbocycles. The number of para-hydroxylation sites is 1. The van der Waals surface area contributed by atoms with Crippen LogP contribution in [0.5, 0.6) is 0 Å². The van der Waals surface area contributed by atoms with Crippen molar-refractivity contribution in [1.82, 2.24) is 4.90 Å². The van der Waals surface area contributed by atoms with E-state index in [-0.39, 0.29) is 5.91 Å². The van der Waals surface area contributed by atoms with Crippen molar-refractivity contribution in [2.24, 2.45) is 0 Å². The molecule has 0 aliphatic carbocycles. The number of hydrogen-bond donors (Lipinski definition) is 0. The van der Waals surface area contributed by atoms with Gasteiger partial charge in [-0.3, -0.25) is 4.79 Å². The minimum absolute atomic E-state index is 0.0159. The monoisotopic (exact) mass is 330 g/mol. The SMILES string of the molecule is COC(=O)c1ccc(C(=O)N2CCN(c3ccccc3)CC2)s1. The second kappa shape index (κ2) is 6.83. The van der Waals surface area contributed by atoms with Crippen molar-refractivity contribution in [2.75, 3.05) is 38.2 Å². The highest BCUT2D eigenvalue weighted by molar-refractivity contribution is 7.15. The van der Waals surface area contributed by atoms with Gasteiger partial charge in [0.2, 0.25) is 0 Å². The number of rotatable bonds is 3. The van der Waals surface area contributed by atoms with Gasteiger partial charge in [0, 0.05) is 31.9 Å². The molecule has 1 aromatic carbocycles. The molecule has 5 nitrogen and oxygen atoms in total. The summed E-state index contributed by atoms with van der Waals surface area (Å²) in [6, 6.07) is 13.5. The summed E-state index contributed by atoms with van der Waals surface area (Å²) >= 11 is 1.19. The first-order valence-electron chi connectivity index (χ1n) is 7.46. The van der Waals surface area contributed by atoms with Gasteiger partial charge in [-0.25, -0.2) is 4.79 Å². The van der Waals surface area contributed by atoms with Crippen LogP contribution in [-0.2, 0) is 4.74 Å². The zero-order valence-corrected chi connectivity index (χ0v) is 13.7. The average molecular weight is 330 g/mol. The van der Waals surface area contributed by atoms with Crippen LogP contribution in [0.15, 0.2) is 42.5 Å². The van der Waals surface area contributed by atoms with Crippen molar-refractivity contribution in [2.45, 2.75) is 0 Å². The standard InChI is InChI=1S/C17H18N2O3S/c1-22-17(21)15-8-7-14(23-15)16(20)19-11-9-18(10-12-19)13-5-3-2-4-6-13/h2-8H,9-12H2,1H3. The van der Waals surface area contributed by atoms with Gasteiger partial charge in [0.1, 0.15) is 4.88 Å². The Morgan fingerprint density at radius 2 is 1.61 bits per heavy atom. The fraction of sp³-hybridized carbons (Fsp3) is 0.294. The van der Waals surface area contributed by atoms with Gasteiger partial charge in [-0.1, -0.05) is 18.2 Å². The van der Waals surface area contributed by atoms with Crippen molar-refractivity contribution in [3.8, 4) is 0 Å². The van der Waals surface area contributed by atoms with E-state index in [4.69, 9.17) is 0 Å². The summed E-state index contributed by atoms with van der Waals surface area (Å²) in [4.78, 5) is 29.2. The van der Waals surface area contributed by atoms with E-state index in [1.165, 1.54) is 24.1 Å². The third-order valence-electron chi connectivity index (χ3n) is 3.89. The maximum atomic E-state index is 12.5. The van der Waals surface area contributed by atoms with Gasteiger partial charge < -0.3 is 14.5 Å². The minimum atomic E-state index is -0.400. The van der Waals surface area contributed by atoms with E-state index in [2.05, 4.69) is 21.8 Å².